The highest BCUT2D eigenvalue weighted by atomic mass is 19.1. The van der Waals surface area contributed by atoms with Crippen molar-refractivity contribution in [3.05, 3.63) is 59.7 Å². The van der Waals surface area contributed by atoms with Gasteiger partial charge in [-0.2, -0.15) is 0 Å². The van der Waals surface area contributed by atoms with Gasteiger partial charge in [0, 0.05) is 19.9 Å². The number of hydrogen-bond acceptors (Lipinski definition) is 4. The van der Waals surface area contributed by atoms with Crippen LogP contribution in [0, 0.1) is 5.82 Å². The van der Waals surface area contributed by atoms with E-state index in [1.54, 1.807) is 24.3 Å². The quantitative estimate of drug-likeness (QED) is 0.828. The van der Waals surface area contributed by atoms with Gasteiger partial charge >= 0.3 is 0 Å². The molecule has 2 rings (SSSR count). The Labute approximate surface area is 121 Å². The van der Waals surface area contributed by atoms with Crippen molar-refractivity contribution in [3.8, 4) is 5.75 Å². The lowest BCUT2D eigenvalue weighted by atomic mass is 10.2. The van der Waals surface area contributed by atoms with Gasteiger partial charge in [-0.15, -0.1) is 0 Å². The van der Waals surface area contributed by atoms with E-state index in [4.69, 9.17) is 9.47 Å². The van der Waals surface area contributed by atoms with Crippen LogP contribution >= 0.6 is 0 Å². The standard InChI is InChI=1S/C15H15FN2O3/c1-20-10-21-13-3-2-8-17-14(13)15(19)18-9-11-4-6-12(16)7-5-11/h2-8H,9-10H2,1H3,(H,18,19). The normalized spacial score (nSPS) is 10.2. The first-order valence-corrected chi connectivity index (χ1v) is 6.30. The average molecular weight is 290 g/mol. The molecule has 110 valence electrons. The van der Waals surface area contributed by atoms with Gasteiger partial charge in [-0.3, -0.25) is 4.79 Å². The number of ether oxygens (including phenoxy) is 2. The molecule has 0 atom stereocenters. The predicted octanol–water partition coefficient (Wildman–Crippen LogP) is 2.13. The van der Waals surface area contributed by atoms with Crippen LogP contribution in [-0.2, 0) is 11.3 Å². The molecule has 2 aromatic rings. The number of carbonyl (C=O) groups is 1. The zero-order valence-electron chi connectivity index (χ0n) is 11.5. The van der Waals surface area contributed by atoms with Crippen molar-refractivity contribution in [2.24, 2.45) is 0 Å². The van der Waals surface area contributed by atoms with E-state index in [0.717, 1.165) is 5.56 Å². The van der Waals surface area contributed by atoms with Crippen LogP contribution in [0.3, 0.4) is 0 Å². The number of nitrogens with one attached hydrogen (secondary N) is 1. The Morgan fingerprint density at radius 1 is 1.29 bits per heavy atom. The summed E-state index contributed by atoms with van der Waals surface area (Å²) in [4.78, 5) is 16.1. The maximum Gasteiger partial charge on any atom is 0.274 e. The minimum atomic E-state index is -0.369. The molecule has 0 spiro atoms. The summed E-state index contributed by atoms with van der Waals surface area (Å²) in [6.07, 6.45) is 1.51. The van der Waals surface area contributed by atoms with E-state index in [2.05, 4.69) is 10.3 Å². The summed E-state index contributed by atoms with van der Waals surface area (Å²) in [5.74, 6) is -0.341. The fraction of sp³-hybridized carbons (Fsp3) is 0.200. The Hall–Kier alpha value is -2.47. The second kappa shape index (κ2) is 7.35. The summed E-state index contributed by atoms with van der Waals surface area (Å²) < 4.78 is 22.9. The first-order chi connectivity index (χ1) is 10.2. The number of aromatic nitrogens is 1. The maximum atomic E-state index is 12.8. The number of nitrogens with zero attached hydrogens (tertiary/aromatic N) is 1. The van der Waals surface area contributed by atoms with Crippen LogP contribution in [0.5, 0.6) is 5.75 Å². The fourth-order valence-corrected chi connectivity index (χ4v) is 1.67. The number of halogens is 1. The summed E-state index contributed by atoms with van der Waals surface area (Å²) in [5, 5.41) is 2.71. The fourth-order valence-electron chi connectivity index (χ4n) is 1.67. The number of amides is 1. The molecule has 0 radical (unpaired) electrons. The summed E-state index contributed by atoms with van der Waals surface area (Å²) in [7, 11) is 1.49. The number of carbonyl (C=O) groups excluding carboxylic acids is 1. The summed E-state index contributed by atoms with van der Waals surface area (Å²) in [6.45, 7) is 0.309. The molecular formula is C15H15FN2O3. The van der Waals surface area contributed by atoms with E-state index in [0.29, 0.717) is 5.75 Å². The van der Waals surface area contributed by atoms with E-state index in [9.17, 15) is 9.18 Å². The van der Waals surface area contributed by atoms with Crippen LogP contribution in [-0.4, -0.2) is 24.8 Å². The van der Waals surface area contributed by atoms with E-state index in [1.807, 2.05) is 0 Å². The third kappa shape index (κ3) is 4.25. The molecule has 1 N–H and O–H groups in total. The lowest BCUT2D eigenvalue weighted by molar-refractivity contribution is 0.0497. The molecular weight excluding hydrogens is 275 g/mol. The van der Waals surface area contributed by atoms with E-state index >= 15 is 0 Å². The van der Waals surface area contributed by atoms with Gasteiger partial charge in [-0.1, -0.05) is 12.1 Å². The Kier molecular flexibility index (Phi) is 5.22. The number of benzene rings is 1. The average Bonchev–Trinajstić information content (AvgIpc) is 2.52. The Balaban J connectivity index is 2.01. The van der Waals surface area contributed by atoms with Crippen LogP contribution in [0.2, 0.25) is 0 Å². The van der Waals surface area contributed by atoms with Gasteiger partial charge in [-0.25, -0.2) is 9.37 Å². The van der Waals surface area contributed by atoms with Gasteiger partial charge in [0.05, 0.1) is 0 Å². The maximum absolute atomic E-state index is 12.8. The molecule has 0 aliphatic heterocycles. The SMILES string of the molecule is COCOc1cccnc1C(=O)NCc1ccc(F)cc1. The minimum absolute atomic E-state index is 0.0317. The highest BCUT2D eigenvalue weighted by Gasteiger charge is 2.13. The van der Waals surface area contributed by atoms with E-state index < -0.39 is 0 Å². The molecule has 0 aliphatic rings. The molecule has 1 amide bonds. The topological polar surface area (TPSA) is 60.5 Å². The molecule has 0 aliphatic carbocycles. The van der Waals surface area contributed by atoms with Gasteiger partial charge in [0.15, 0.2) is 18.2 Å². The van der Waals surface area contributed by atoms with Gasteiger partial charge in [-0.05, 0) is 29.8 Å². The van der Waals surface area contributed by atoms with Gasteiger partial charge in [0.1, 0.15) is 5.82 Å². The molecule has 5 nitrogen and oxygen atoms in total. The van der Waals surface area contributed by atoms with Gasteiger partial charge < -0.3 is 14.8 Å². The molecule has 1 aromatic heterocycles. The summed E-state index contributed by atoms with van der Waals surface area (Å²) in [6, 6.07) is 9.21. The minimum Gasteiger partial charge on any atom is -0.465 e. The number of methoxy groups -OCH3 is 1. The second-order valence-electron chi connectivity index (χ2n) is 4.21. The Bertz CT molecular complexity index is 602. The van der Waals surface area contributed by atoms with Gasteiger partial charge in [0.2, 0.25) is 0 Å². The summed E-state index contributed by atoms with van der Waals surface area (Å²) in [5.41, 5.74) is 0.969. The van der Waals surface area contributed by atoms with Crippen molar-refractivity contribution in [2.45, 2.75) is 6.54 Å². The first kappa shape index (κ1) is 14.9. The van der Waals surface area contributed by atoms with Gasteiger partial charge in [0.25, 0.3) is 5.91 Å². The van der Waals surface area contributed by atoms with Crippen molar-refractivity contribution < 1.29 is 18.7 Å². The van der Waals surface area contributed by atoms with Crippen LogP contribution < -0.4 is 10.1 Å². The lowest BCUT2D eigenvalue weighted by Crippen LogP contribution is -2.24. The van der Waals surface area contributed by atoms with Crippen LogP contribution in [0.4, 0.5) is 4.39 Å². The molecule has 0 bridgehead atoms. The smallest absolute Gasteiger partial charge is 0.274 e. The number of rotatable bonds is 6. The van der Waals surface area contributed by atoms with Crippen molar-refractivity contribution in [1.82, 2.24) is 10.3 Å². The first-order valence-electron chi connectivity index (χ1n) is 6.30. The molecule has 0 saturated carbocycles. The number of pyridine rings is 1. The van der Waals surface area contributed by atoms with E-state index in [1.165, 1.54) is 25.4 Å². The lowest BCUT2D eigenvalue weighted by Gasteiger charge is -2.10. The number of hydrogen-bond donors (Lipinski definition) is 1. The molecule has 6 heteroatoms. The second-order valence-corrected chi connectivity index (χ2v) is 4.21. The molecule has 1 heterocycles. The van der Waals surface area contributed by atoms with Crippen LogP contribution in [0.25, 0.3) is 0 Å². The zero-order valence-corrected chi connectivity index (χ0v) is 11.5. The van der Waals surface area contributed by atoms with E-state index in [-0.39, 0.29) is 30.8 Å². The molecule has 1 aromatic carbocycles. The molecule has 0 fully saturated rings. The molecule has 0 saturated heterocycles. The zero-order chi connectivity index (χ0) is 15.1. The summed E-state index contributed by atoms with van der Waals surface area (Å²) >= 11 is 0. The third-order valence-corrected chi connectivity index (χ3v) is 2.68. The monoisotopic (exact) mass is 290 g/mol. The third-order valence-electron chi connectivity index (χ3n) is 2.68. The largest absolute Gasteiger partial charge is 0.465 e. The predicted molar refractivity (Wildman–Crippen MR) is 74.3 cm³/mol. The Morgan fingerprint density at radius 3 is 2.76 bits per heavy atom. The molecule has 21 heavy (non-hydrogen) atoms. The van der Waals surface area contributed by atoms with Crippen LogP contribution in [0.1, 0.15) is 16.1 Å². The van der Waals surface area contributed by atoms with Crippen molar-refractivity contribution in [3.63, 3.8) is 0 Å². The van der Waals surface area contributed by atoms with Crippen LogP contribution in [0.15, 0.2) is 42.6 Å². The van der Waals surface area contributed by atoms with Crippen molar-refractivity contribution in [1.29, 1.82) is 0 Å². The highest BCUT2D eigenvalue weighted by Crippen LogP contribution is 2.15. The highest BCUT2D eigenvalue weighted by molar-refractivity contribution is 5.94. The molecule has 0 unspecified atom stereocenters. The van der Waals surface area contributed by atoms with Crippen molar-refractivity contribution >= 4 is 5.91 Å². The van der Waals surface area contributed by atoms with Crippen molar-refractivity contribution in [2.75, 3.05) is 13.9 Å². The Morgan fingerprint density at radius 2 is 2.05 bits per heavy atom.